The second-order valence-electron chi connectivity index (χ2n) is 5.74. The van der Waals surface area contributed by atoms with Crippen LogP contribution in [0, 0.1) is 17.0 Å². The van der Waals surface area contributed by atoms with E-state index in [1.54, 1.807) is 32.9 Å². The maximum absolute atomic E-state index is 12.6. The summed E-state index contributed by atoms with van der Waals surface area (Å²) in [6.07, 6.45) is 1.29. The standard InChI is InChI=1S/C17H21N3O5S/c1-4-19(5-2)26(24,25)15-9-10-17(21)18(12-15)11-14-7-6-8-16(13(14)3)20(22)23/h6-10,12H,4-5,11H2,1-3H3. The third-order valence-electron chi connectivity index (χ3n) is 4.25. The minimum Gasteiger partial charge on any atom is -0.310 e. The number of nitrogens with zero attached hydrogens (tertiary/aromatic N) is 3. The summed E-state index contributed by atoms with van der Waals surface area (Å²) in [5, 5.41) is 11.1. The fourth-order valence-electron chi connectivity index (χ4n) is 2.72. The fourth-order valence-corrected chi connectivity index (χ4v) is 4.20. The van der Waals surface area contributed by atoms with Crippen molar-refractivity contribution in [2.24, 2.45) is 0 Å². The number of hydrogen-bond donors (Lipinski definition) is 0. The summed E-state index contributed by atoms with van der Waals surface area (Å²) in [5.41, 5.74) is 0.608. The maximum atomic E-state index is 12.6. The first-order valence-electron chi connectivity index (χ1n) is 8.15. The Morgan fingerprint density at radius 1 is 1.15 bits per heavy atom. The van der Waals surface area contributed by atoms with Crippen molar-refractivity contribution in [2.45, 2.75) is 32.2 Å². The van der Waals surface area contributed by atoms with Gasteiger partial charge in [-0.3, -0.25) is 14.9 Å². The molecular weight excluding hydrogens is 358 g/mol. The van der Waals surface area contributed by atoms with Crippen LogP contribution < -0.4 is 5.56 Å². The maximum Gasteiger partial charge on any atom is 0.272 e. The van der Waals surface area contributed by atoms with Crippen molar-refractivity contribution in [3.05, 3.63) is 68.1 Å². The third kappa shape index (κ3) is 3.83. The molecule has 0 aliphatic carbocycles. The molecule has 1 heterocycles. The minimum absolute atomic E-state index is 0.0175. The quantitative estimate of drug-likeness (QED) is 0.542. The lowest BCUT2D eigenvalue weighted by Crippen LogP contribution is -2.32. The van der Waals surface area contributed by atoms with Crippen molar-refractivity contribution < 1.29 is 13.3 Å². The van der Waals surface area contributed by atoms with E-state index in [9.17, 15) is 23.3 Å². The summed E-state index contributed by atoms with van der Waals surface area (Å²) in [5.74, 6) is 0. The zero-order chi connectivity index (χ0) is 19.5. The molecular formula is C17H21N3O5S. The van der Waals surface area contributed by atoms with Gasteiger partial charge in [0.15, 0.2) is 0 Å². The molecule has 26 heavy (non-hydrogen) atoms. The minimum atomic E-state index is -3.70. The fraction of sp³-hybridized carbons (Fsp3) is 0.353. The van der Waals surface area contributed by atoms with E-state index >= 15 is 0 Å². The van der Waals surface area contributed by atoms with Crippen molar-refractivity contribution in [1.29, 1.82) is 0 Å². The summed E-state index contributed by atoms with van der Waals surface area (Å²) in [7, 11) is -3.70. The Labute approximate surface area is 151 Å². The van der Waals surface area contributed by atoms with Gasteiger partial charge in [-0.05, 0) is 18.6 Å². The molecule has 0 saturated heterocycles. The number of nitro benzene ring substituents is 1. The molecule has 0 bridgehead atoms. The van der Waals surface area contributed by atoms with Crippen molar-refractivity contribution in [1.82, 2.24) is 8.87 Å². The predicted molar refractivity (Wildman–Crippen MR) is 97.7 cm³/mol. The van der Waals surface area contributed by atoms with Crippen LogP contribution in [-0.4, -0.2) is 35.3 Å². The Kier molecular flexibility index (Phi) is 5.94. The Hall–Kier alpha value is -2.52. The normalized spacial score (nSPS) is 11.7. The average molecular weight is 379 g/mol. The molecule has 0 atom stereocenters. The Morgan fingerprint density at radius 2 is 1.81 bits per heavy atom. The third-order valence-corrected chi connectivity index (χ3v) is 6.29. The van der Waals surface area contributed by atoms with Crippen LogP contribution in [0.15, 0.2) is 46.2 Å². The molecule has 0 unspecified atom stereocenters. The second-order valence-corrected chi connectivity index (χ2v) is 7.68. The smallest absolute Gasteiger partial charge is 0.272 e. The summed E-state index contributed by atoms with van der Waals surface area (Å²) < 4.78 is 27.8. The topological polar surface area (TPSA) is 103 Å². The lowest BCUT2D eigenvalue weighted by atomic mass is 10.1. The molecule has 1 aromatic heterocycles. The van der Waals surface area contributed by atoms with E-state index in [1.807, 2.05) is 0 Å². The average Bonchev–Trinajstić information content (AvgIpc) is 2.59. The van der Waals surface area contributed by atoms with Gasteiger partial charge in [0.2, 0.25) is 10.0 Å². The first-order chi connectivity index (χ1) is 12.2. The van der Waals surface area contributed by atoms with Gasteiger partial charge in [-0.2, -0.15) is 4.31 Å². The van der Waals surface area contributed by atoms with Gasteiger partial charge < -0.3 is 4.57 Å². The van der Waals surface area contributed by atoms with E-state index in [0.29, 0.717) is 24.2 Å². The van der Waals surface area contributed by atoms with Gasteiger partial charge >= 0.3 is 0 Å². The first-order valence-corrected chi connectivity index (χ1v) is 9.59. The molecule has 140 valence electrons. The largest absolute Gasteiger partial charge is 0.310 e. The number of benzene rings is 1. The molecule has 8 nitrogen and oxygen atoms in total. The first kappa shape index (κ1) is 19.8. The van der Waals surface area contributed by atoms with Crippen molar-refractivity contribution in [3.8, 4) is 0 Å². The highest BCUT2D eigenvalue weighted by molar-refractivity contribution is 7.89. The molecule has 2 rings (SSSR count). The summed E-state index contributed by atoms with van der Waals surface area (Å²) in [6.45, 7) is 5.78. The predicted octanol–water partition coefficient (Wildman–Crippen LogP) is 2.14. The van der Waals surface area contributed by atoms with Gasteiger partial charge in [-0.15, -0.1) is 0 Å². The summed E-state index contributed by atoms with van der Waals surface area (Å²) in [4.78, 5) is 22.8. The highest BCUT2D eigenvalue weighted by Gasteiger charge is 2.22. The van der Waals surface area contributed by atoms with E-state index in [4.69, 9.17) is 0 Å². The molecule has 0 amide bonds. The molecule has 0 aliphatic rings. The lowest BCUT2D eigenvalue weighted by Gasteiger charge is -2.19. The van der Waals surface area contributed by atoms with Crippen molar-refractivity contribution in [3.63, 3.8) is 0 Å². The molecule has 0 N–H and O–H groups in total. The van der Waals surface area contributed by atoms with Crippen molar-refractivity contribution >= 4 is 15.7 Å². The van der Waals surface area contributed by atoms with Gasteiger partial charge in [0.25, 0.3) is 11.2 Å². The molecule has 0 spiro atoms. The van der Waals surface area contributed by atoms with Crippen LogP contribution in [0.3, 0.4) is 0 Å². The number of hydrogen-bond acceptors (Lipinski definition) is 5. The van der Waals surface area contributed by atoms with Crippen LogP contribution >= 0.6 is 0 Å². The van der Waals surface area contributed by atoms with Gasteiger partial charge in [-0.25, -0.2) is 8.42 Å². The summed E-state index contributed by atoms with van der Waals surface area (Å²) in [6, 6.07) is 7.10. The van der Waals surface area contributed by atoms with E-state index in [0.717, 1.165) is 0 Å². The van der Waals surface area contributed by atoms with Gasteiger partial charge in [0, 0.05) is 37.0 Å². The van der Waals surface area contributed by atoms with E-state index in [-0.39, 0.29) is 22.7 Å². The lowest BCUT2D eigenvalue weighted by molar-refractivity contribution is -0.385. The van der Waals surface area contributed by atoms with Crippen LogP contribution in [0.5, 0.6) is 0 Å². The van der Waals surface area contributed by atoms with E-state index in [1.165, 1.54) is 33.3 Å². The number of pyridine rings is 1. The monoisotopic (exact) mass is 379 g/mol. The number of nitro groups is 1. The Balaban J connectivity index is 2.49. The molecule has 0 aliphatic heterocycles. The van der Waals surface area contributed by atoms with Gasteiger partial charge in [0.05, 0.1) is 16.4 Å². The van der Waals surface area contributed by atoms with Crippen LogP contribution in [0.25, 0.3) is 0 Å². The van der Waals surface area contributed by atoms with Crippen LogP contribution in [-0.2, 0) is 16.6 Å². The highest BCUT2D eigenvalue weighted by atomic mass is 32.2. The molecule has 2 aromatic rings. The molecule has 0 fully saturated rings. The van der Waals surface area contributed by atoms with Crippen LogP contribution in [0.1, 0.15) is 25.0 Å². The molecule has 0 saturated carbocycles. The molecule has 9 heteroatoms. The second kappa shape index (κ2) is 7.79. The SMILES string of the molecule is CCN(CC)S(=O)(=O)c1ccc(=O)n(Cc2cccc([N+](=O)[O-])c2C)c1. The van der Waals surface area contributed by atoms with Crippen LogP contribution in [0.4, 0.5) is 5.69 Å². The number of sulfonamides is 1. The van der Waals surface area contributed by atoms with Gasteiger partial charge in [-0.1, -0.05) is 26.0 Å². The number of rotatable bonds is 7. The molecule has 1 aromatic carbocycles. The highest BCUT2D eigenvalue weighted by Crippen LogP contribution is 2.22. The molecule has 0 radical (unpaired) electrons. The summed E-state index contributed by atoms with van der Waals surface area (Å²) >= 11 is 0. The Morgan fingerprint density at radius 3 is 2.38 bits per heavy atom. The van der Waals surface area contributed by atoms with E-state index in [2.05, 4.69) is 0 Å². The number of aromatic nitrogens is 1. The van der Waals surface area contributed by atoms with Gasteiger partial charge in [0.1, 0.15) is 0 Å². The zero-order valence-corrected chi connectivity index (χ0v) is 15.7. The van der Waals surface area contributed by atoms with Crippen LogP contribution in [0.2, 0.25) is 0 Å². The Bertz CT molecular complexity index is 978. The van der Waals surface area contributed by atoms with E-state index < -0.39 is 14.9 Å². The van der Waals surface area contributed by atoms with Crippen molar-refractivity contribution in [2.75, 3.05) is 13.1 Å². The zero-order valence-electron chi connectivity index (χ0n) is 14.9.